The summed E-state index contributed by atoms with van der Waals surface area (Å²) in [6, 6.07) is 7.35. The minimum Gasteiger partial charge on any atom is -0.298 e. The largest absolute Gasteiger partial charge is 0.298 e. The minimum atomic E-state index is -1.28. The van der Waals surface area contributed by atoms with Crippen molar-refractivity contribution in [2.75, 3.05) is 0 Å². The predicted octanol–water partition coefficient (Wildman–Crippen LogP) is 3.58. The van der Waals surface area contributed by atoms with E-state index in [1.165, 1.54) is 12.1 Å². The molecule has 0 atom stereocenters. The maximum Gasteiger partial charge on any atom is 0.166 e. The summed E-state index contributed by atoms with van der Waals surface area (Å²) in [5, 5.41) is 0. The lowest BCUT2D eigenvalue weighted by molar-refractivity contribution is 0.112. The molecule has 0 spiro atoms. The molecule has 0 amide bonds. The second kappa shape index (κ2) is 4.41. The van der Waals surface area contributed by atoms with Crippen LogP contribution in [-0.2, 0) is 0 Å². The van der Waals surface area contributed by atoms with E-state index in [0.717, 1.165) is 6.07 Å². The van der Waals surface area contributed by atoms with Gasteiger partial charge in [-0.1, -0.05) is 24.3 Å². The van der Waals surface area contributed by atoms with Crippen molar-refractivity contribution in [1.82, 2.24) is 0 Å². The summed E-state index contributed by atoms with van der Waals surface area (Å²) in [5.74, 6) is -3.33. The quantitative estimate of drug-likeness (QED) is 0.575. The lowest BCUT2D eigenvalue weighted by Crippen LogP contribution is -1.95. The summed E-state index contributed by atoms with van der Waals surface area (Å²) in [4.78, 5) is 10.8. The van der Waals surface area contributed by atoms with Gasteiger partial charge in [0.05, 0.1) is 0 Å². The zero-order valence-electron chi connectivity index (χ0n) is 8.58. The molecule has 0 bridgehead atoms. The van der Waals surface area contributed by atoms with Crippen LogP contribution in [0.5, 0.6) is 0 Å². The molecular weight excluding hydrogens is 229 g/mol. The molecule has 2 aromatic rings. The van der Waals surface area contributed by atoms with Gasteiger partial charge in [0.15, 0.2) is 17.9 Å². The van der Waals surface area contributed by atoms with Crippen molar-refractivity contribution in [1.29, 1.82) is 0 Å². The average molecular weight is 236 g/mol. The molecular formula is C13H7F3O. The van der Waals surface area contributed by atoms with E-state index >= 15 is 0 Å². The lowest BCUT2D eigenvalue weighted by Gasteiger charge is -2.07. The molecule has 0 aliphatic heterocycles. The fraction of sp³-hybridized carbons (Fsp3) is 0. The number of rotatable bonds is 2. The summed E-state index contributed by atoms with van der Waals surface area (Å²) < 4.78 is 39.6. The van der Waals surface area contributed by atoms with Crippen LogP contribution in [0.3, 0.4) is 0 Å². The van der Waals surface area contributed by atoms with Gasteiger partial charge in [0.1, 0.15) is 5.82 Å². The first-order chi connectivity index (χ1) is 8.13. The zero-order valence-corrected chi connectivity index (χ0v) is 8.58. The van der Waals surface area contributed by atoms with Gasteiger partial charge in [-0.15, -0.1) is 0 Å². The summed E-state index contributed by atoms with van der Waals surface area (Å²) >= 11 is 0. The van der Waals surface area contributed by atoms with E-state index in [0.29, 0.717) is 12.4 Å². The van der Waals surface area contributed by atoms with Gasteiger partial charge in [-0.2, -0.15) is 0 Å². The molecule has 0 N–H and O–H groups in total. The van der Waals surface area contributed by atoms with Gasteiger partial charge in [-0.05, 0) is 11.6 Å². The number of halogens is 3. The standard InChI is InChI=1S/C13H7F3O/c14-9-5-11(13(16)12(15)6-9)10-4-2-1-3-8(10)7-17/h1-7H. The van der Waals surface area contributed by atoms with E-state index in [-0.39, 0.29) is 16.7 Å². The maximum absolute atomic E-state index is 13.5. The molecule has 0 unspecified atom stereocenters. The van der Waals surface area contributed by atoms with E-state index in [4.69, 9.17) is 0 Å². The van der Waals surface area contributed by atoms with Crippen molar-refractivity contribution in [3.63, 3.8) is 0 Å². The van der Waals surface area contributed by atoms with E-state index in [1.54, 1.807) is 12.1 Å². The Labute approximate surface area is 95.5 Å². The zero-order chi connectivity index (χ0) is 12.4. The normalized spacial score (nSPS) is 10.3. The smallest absolute Gasteiger partial charge is 0.166 e. The van der Waals surface area contributed by atoms with Crippen LogP contribution in [0.4, 0.5) is 13.2 Å². The Morgan fingerprint density at radius 1 is 0.941 bits per heavy atom. The fourth-order valence-electron chi connectivity index (χ4n) is 1.60. The van der Waals surface area contributed by atoms with Crippen molar-refractivity contribution in [3.8, 4) is 11.1 Å². The van der Waals surface area contributed by atoms with E-state index in [1.807, 2.05) is 0 Å². The van der Waals surface area contributed by atoms with E-state index in [2.05, 4.69) is 0 Å². The third kappa shape index (κ3) is 2.06. The molecule has 0 heterocycles. The molecule has 86 valence electrons. The Kier molecular flexibility index (Phi) is 2.95. The van der Waals surface area contributed by atoms with Gasteiger partial charge in [-0.25, -0.2) is 13.2 Å². The van der Waals surface area contributed by atoms with Crippen LogP contribution in [0, 0.1) is 17.5 Å². The SMILES string of the molecule is O=Cc1ccccc1-c1cc(F)cc(F)c1F. The van der Waals surface area contributed by atoms with Crippen LogP contribution in [0.2, 0.25) is 0 Å². The van der Waals surface area contributed by atoms with Crippen LogP contribution in [0.15, 0.2) is 36.4 Å². The highest BCUT2D eigenvalue weighted by Gasteiger charge is 2.14. The van der Waals surface area contributed by atoms with Gasteiger partial charge in [-0.3, -0.25) is 4.79 Å². The van der Waals surface area contributed by atoms with Gasteiger partial charge in [0, 0.05) is 17.2 Å². The number of carbonyl (C=O) groups is 1. The summed E-state index contributed by atoms with van der Waals surface area (Å²) in [5.41, 5.74) is 0.0833. The van der Waals surface area contributed by atoms with Crippen molar-refractivity contribution >= 4 is 6.29 Å². The predicted molar refractivity (Wildman–Crippen MR) is 57.1 cm³/mol. The van der Waals surface area contributed by atoms with E-state index < -0.39 is 17.5 Å². The molecule has 17 heavy (non-hydrogen) atoms. The Morgan fingerprint density at radius 2 is 1.65 bits per heavy atom. The van der Waals surface area contributed by atoms with Crippen LogP contribution >= 0.6 is 0 Å². The molecule has 0 aliphatic carbocycles. The van der Waals surface area contributed by atoms with Crippen molar-refractivity contribution in [3.05, 3.63) is 59.4 Å². The van der Waals surface area contributed by atoms with Crippen LogP contribution in [0.1, 0.15) is 10.4 Å². The van der Waals surface area contributed by atoms with Crippen LogP contribution < -0.4 is 0 Å². The molecule has 4 heteroatoms. The highest BCUT2D eigenvalue weighted by Crippen LogP contribution is 2.27. The van der Waals surface area contributed by atoms with Crippen molar-refractivity contribution < 1.29 is 18.0 Å². The second-order valence-corrected chi connectivity index (χ2v) is 3.45. The molecule has 0 aliphatic rings. The topological polar surface area (TPSA) is 17.1 Å². The van der Waals surface area contributed by atoms with Crippen LogP contribution in [0.25, 0.3) is 11.1 Å². The Balaban J connectivity index is 2.72. The monoisotopic (exact) mass is 236 g/mol. The molecule has 0 radical (unpaired) electrons. The first-order valence-corrected chi connectivity index (χ1v) is 4.82. The highest BCUT2D eigenvalue weighted by atomic mass is 19.2. The summed E-state index contributed by atoms with van der Waals surface area (Å²) in [6.07, 6.45) is 0.511. The number of hydrogen-bond acceptors (Lipinski definition) is 1. The molecule has 0 fully saturated rings. The first kappa shape index (κ1) is 11.4. The van der Waals surface area contributed by atoms with Crippen LogP contribution in [-0.4, -0.2) is 6.29 Å². The molecule has 0 aromatic heterocycles. The summed E-state index contributed by atoms with van der Waals surface area (Å²) in [6.45, 7) is 0. The third-order valence-electron chi connectivity index (χ3n) is 2.37. The van der Waals surface area contributed by atoms with Crippen molar-refractivity contribution in [2.24, 2.45) is 0 Å². The second-order valence-electron chi connectivity index (χ2n) is 3.45. The van der Waals surface area contributed by atoms with E-state index in [9.17, 15) is 18.0 Å². The number of benzene rings is 2. The average Bonchev–Trinajstić information content (AvgIpc) is 2.33. The Hall–Kier alpha value is -2.10. The number of aldehydes is 1. The summed E-state index contributed by atoms with van der Waals surface area (Å²) in [7, 11) is 0. The minimum absolute atomic E-state index is 0.165. The van der Waals surface area contributed by atoms with Gasteiger partial charge in [0.25, 0.3) is 0 Å². The molecule has 1 nitrogen and oxygen atoms in total. The lowest BCUT2D eigenvalue weighted by atomic mass is 10.00. The first-order valence-electron chi connectivity index (χ1n) is 4.82. The van der Waals surface area contributed by atoms with Gasteiger partial charge >= 0.3 is 0 Å². The Bertz CT molecular complexity index is 579. The Morgan fingerprint density at radius 3 is 2.35 bits per heavy atom. The molecule has 2 rings (SSSR count). The number of hydrogen-bond donors (Lipinski definition) is 0. The van der Waals surface area contributed by atoms with Gasteiger partial charge < -0.3 is 0 Å². The van der Waals surface area contributed by atoms with Crippen molar-refractivity contribution in [2.45, 2.75) is 0 Å². The maximum atomic E-state index is 13.5. The van der Waals surface area contributed by atoms with Gasteiger partial charge in [0.2, 0.25) is 0 Å². The molecule has 0 saturated heterocycles. The third-order valence-corrected chi connectivity index (χ3v) is 2.37. The molecule has 0 saturated carbocycles. The fourth-order valence-corrected chi connectivity index (χ4v) is 1.60. The highest BCUT2D eigenvalue weighted by molar-refractivity contribution is 5.87. The number of carbonyl (C=O) groups excluding carboxylic acids is 1. The molecule has 2 aromatic carbocycles.